The molecule has 0 aliphatic rings. The lowest BCUT2D eigenvalue weighted by molar-refractivity contribution is 0.0777. The number of aryl methyl sites for hydroxylation is 2. The number of aromatic amines is 2. The lowest BCUT2D eigenvalue weighted by atomic mass is 10.2. The number of nitrogens with one attached hydrogen (secondary N) is 2. The molecule has 0 atom stereocenters. The van der Waals surface area contributed by atoms with Gasteiger partial charge in [-0.1, -0.05) is 6.92 Å². The van der Waals surface area contributed by atoms with Gasteiger partial charge in [-0.2, -0.15) is 10.2 Å². The Kier molecular flexibility index (Phi) is 3.50. The largest absolute Gasteiger partial charge is 0.395 e. The van der Waals surface area contributed by atoms with Crippen LogP contribution >= 0.6 is 0 Å². The lowest BCUT2D eigenvalue weighted by Crippen LogP contribution is -2.27. The Balaban J connectivity index is 2.12. The molecule has 0 spiro atoms. The summed E-state index contributed by atoms with van der Waals surface area (Å²) in [6.07, 6.45) is 0.704. The Bertz CT molecular complexity index is 586. The summed E-state index contributed by atoms with van der Waals surface area (Å²) in [6.45, 7) is 4.05. The van der Waals surface area contributed by atoms with Crippen LogP contribution < -0.4 is 5.73 Å². The van der Waals surface area contributed by atoms with Crippen molar-refractivity contribution in [1.82, 2.24) is 30.3 Å². The first-order valence-corrected chi connectivity index (χ1v) is 5.99. The molecule has 2 rings (SSSR count). The highest BCUT2D eigenvalue weighted by atomic mass is 16.2. The third-order valence-electron chi connectivity index (χ3n) is 2.81. The van der Waals surface area contributed by atoms with Gasteiger partial charge in [0.05, 0.1) is 17.9 Å². The number of nitrogens with zero attached hydrogens (tertiary/aromatic N) is 4. The van der Waals surface area contributed by atoms with Gasteiger partial charge >= 0.3 is 0 Å². The summed E-state index contributed by atoms with van der Waals surface area (Å²) in [5, 5.41) is 13.5. The van der Waals surface area contributed by atoms with E-state index >= 15 is 0 Å². The van der Waals surface area contributed by atoms with Crippen molar-refractivity contribution in [2.45, 2.75) is 26.8 Å². The van der Waals surface area contributed by atoms with Crippen molar-refractivity contribution in [3.63, 3.8) is 0 Å². The zero-order valence-electron chi connectivity index (χ0n) is 11.2. The second kappa shape index (κ2) is 5.09. The van der Waals surface area contributed by atoms with Crippen molar-refractivity contribution in [3.8, 4) is 0 Å². The van der Waals surface area contributed by atoms with Crippen molar-refractivity contribution in [2.75, 3.05) is 12.8 Å². The van der Waals surface area contributed by atoms with Crippen molar-refractivity contribution in [1.29, 1.82) is 0 Å². The molecule has 0 bridgehead atoms. The van der Waals surface area contributed by atoms with Crippen molar-refractivity contribution in [2.24, 2.45) is 0 Å². The van der Waals surface area contributed by atoms with Crippen LogP contribution in [0, 0.1) is 6.92 Å². The van der Waals surface area contributed by atoms with E-state index in [1.54, 1.807) is 14.0 Å². The van der Waals surface area contributed by atoms with E-state index in [2.05, 4.69) is 25.4 Å². The summed E-state index contributed by atoms with van der Waals surface area (Å²) < 4.78 is 0. The van der Waals surface area contributed by atoms with E-state index in [1.165, 1.54) is 4.90 Å². The van der Waals surface area contributed by atoms with Gasteiger partial charge in [0.15, 0.2) is 11.5 Å². The maximum absolute atomic E-state index is 12.2. The Labute approximate surface area is 110 Å². The predicted molar refractivity (Wildman–Crippen MR) is 69.3 cm³/mol. The summed E-state index contributed by atoms with van der Waals surface area (Å²) >= 11 is 0. The number of rotatable bonds is 4. The van der Waals surface area contributed by atoms with Crippen LogP contribution in [0.5, 0.6) is 0 Å². The van der Waals surface area contributed by atoms with Crippen molar-refractivity contribution < 1.29 is 4.79 Å². The summed E-state index contributed by atoms with van der Waals surface area (Å²) in [7, 11) is 1.66. The van der Waals surface area contributed by atoms with Crippen molar-refractivity contribution in [3.05, 3.63) is 23.0 Å². The summed E-state index contributed by atoms with van der Waals surface area (Å²) in [4.78, 5) is 17.8. The summed E-state index contributed by atoms with van der Waals surface area (Å²) in [5.74, 6) is 1.01. The van der Waals surface area contributed by atoms with Crippen LogP contribution in [0.4, 0.5) is 5.69 Å². The minimum Gasteiger partial charge on any atom is -0.395 e. The topological polar surface area (TPSA) is 117 Å². The van der Waals surface area contributed by atoms with Gasteiger partial charge in [-0.25, -0.2) is 4.98 Å². The van der Waals surface area contributed by atoms with Gasteiger partial charge in [-0.05, 0) is 13.3 Å². The first-order valence-electron chi connectivity index (χ1n) is 5.99. The van der Waals surface area contributed by atoms with Crippen LogP contribution in [-0.2, 0) is 13.0 Å². The van der Waals surface area contributed by atoms with E-state index in [4.69, 9.17) is 5.73 Å². The SMILES string of the molecule is CCc1[nH]nc(C(=O)N(C)Cc2n[nH]c(C)n2)c1N. The van der Waals surface area contributed by atoms with E-state index in [1.807, 2.05) is 6.92 Å². The number of carbonyl (C=O) groups excluding carboxylic acids is 1. The molecule has 0 aromatic carbocycles. The molecular weight excluding hydrogens is 246 g/mol. The van der Waals surface area contributed by atoms with Crippen LogP contribution in [0.3, 0.4) is 0 Å². The highest BCUT2D eigenvalue weighted by Gasteiger charge is 2.21. The zero-order chi connectivity index (χ0) is 14.0. The van der Waals surface area contributed by atoms with Gasteiger partial charge in [0.1, 0.15) is 5.82 Å². The Morgan fingerprint density at radius 3 is 2.63 bits per heavy atom. The number of hydrogen-bond acceptors (Lipinski definition) is 5. The monoisotopic (exact) mass is 263 g/mol. The second-order valence-electron chi connectivity index (χ2n) is 4.32. The van der Waals surface area contributed by atoms with E-state index < -0.39 is 0 Å². The number of aromatic nitrogens is 5. The number of hydrogen-bond donors (Lipinski definition) is 3. The van der Waals surface area contributed by atoms with Crippen LogP contribution in [0.2, 0.25) is 0 Å². The fourth-order valence-electron chi connectivity index (χ4n) is 1.74. The number of nitrogen functional groups attached to an aromatic ring is 1. The molecule has 2 heterocycles. The Hall–Kier alpha value is -2.38. The Morgan fingerprint density at radius 1 is 1.37 bits per heavy atom. The van der Waals surface area contributed by atoms with Gasteiger partial charge in [-0.15, -0.1) is 0 Å². The third kappa shape index (κ3) is 2.56. The number of anilines is 1. The molecule has 8 nitrogen and oxygen atoms in total. The maximum atomic E-state index is 12.2. The number of nitrogens with two attached hydrogens (primary N) is 1. The second-order valence-corrected chi connectivity index (χ2v) is 4.32. The average molecular weight is 263 g/mol. The normalized spacial score (nSPS) is 10.7. The molecule has 0 fully saturated rings. The fourth-order valence-corrected chi connectivity index (χ4v) is 1.74. The number of carbonyl (C=O) groups is 1. The van der Waals surface area contributed by atoms with E-state index in [-0.39, 0.29) is 11.6 Å². The number of amides is 1. The van der Waals surface area contributed by atoms with E-state index in [0.717, 1.165) is 5.69 Å². The first-order chi connectivity index (χ1) is 9.02. The Morgan fingerprint density at radius 2 is 2.11 bits per heavy atom. The molecule has 0 aliphatic heterocycles. The minimum absolute atomic E-state index is 0.242. The molecule has 1 amide bonds. The molecule has 102 valence electrons. The predicted octanol–water partition coefficient (Wildman–Crippen LogP) is 0.253. The molecule has 8 heteroatoms. The lowest BCUT2D eigenvalue weighted by Gasteiger charge is -2.13. The zero-order valence-corrected chi connectivity index (χ0v) is 11.2. The average Bonchev–Trinajstić information content (AvgIpc) is 2.94. The molecule has 0 unspecified atom stereocenters. The quantitative estimate of drug-likeness (QED) is 0.731. The molecule has 2 aromatic rings. The third-order valence-corrected chi connectivity index (χ3v) is 2.81. The standard InChI is InChI=1S/C11H17N7O/c1-4-7-9(12)10(17-15-7)11(19)18(3)5-8-13-6(2)14-16-8/h4-5,12H2,1-3H3,(H,15,17)(H,13,14,16). The van der Waals surface area contributed by atoms with Gasteiger partial charge in [0, 0.05) is 7.05 Å². The van der Waals surface area contributed by atoms with Gasteiger partial charge < -0.3 is 10.6 Å². The van der Waals surface area contributed by atoms with E-state index in [9.17, 15) is 4.79 Å². The first kappa shape index (κ1) is 13.1. The summed E-state index contributed by atoms with van der Waals surface area (Å²) in [5.41, 5.74) is 7.29. The van der Waals surface area contributed by atoms with Gasteiger partial charge in [-0.3, -0.25) is 15.0 Å². The molecule has 0 saturated heterocycles. The van der Waals surface area contributed by atoms with Crippen LogP contribution in [-0.4, -0.2) is 43.2 Å². The van der Waals surface area contributed by atoms with Crippen LogP contribution in [0.1, 0.15) is 34.8 Å². The van der Waals surface area contributed by atoms with E-state index in [0.29, 0.717) is 30.3 Å². The molecular formula is C11H17N7O. The van der Waals surface area contributed by atoms with Gasteiger partial charge in [0.2, 0.25) is 0 Å². The van der Waals surface area contributed by atoms with Gasteiger partial charge in [0.25, 0.3) is 5.91 Å². The van der Waals surface area contributed by atoms with Crippen LogP contribution in [0.25, 0.3) is 0 Å². The molecule has 0 saturated carbocycles. The van der Waals surface area contributed by atoms with Crippen molar-refractivity contribution >= 4 is 11.6 Å². The molecule has 0 radical (unpaired) electrons. The molecule has 19 heavy (non-hydrogen) atoms. The minimum atomic E-state index is -0.254. The maximum Gasteiger partial charge on any atom is 0.276 e. The van der Waals surface area contributed by atoms with Crippen LogP contribution in [0.15, 0.2) is 0 Å². The highest BCUT2D eigenvalue weighted by molar-refractivity contribution is 5.97. The molecule has 2 aromatic heterocycles. The molecule has 0 aliphatic carbocycles. The highest BCUT2D eigenvalue weighted by Crippen LogP contribution is 2.16. The fraction of sp³-hybridized carbons (Fsp3) is 0.455. The molecule has 4 N–H and O–H groups in total. The summed E-state index contributed by atoms with van der Waals surface area (Å²) in [6, 6.07) is 0. The number of H-pyrrole nitrogens is 2. The smallest absolute Gasteiger partial charge is 0.276 e.